The fraction of sp³-hybridized carbons (Fsp3) is 0. The third kappa shape index (κ3) is 4.25. The minimum Gasteiger partial charge on any atom is -0.278 e. The van der Waals surface area contributed by atoms with E-state index in [0.717, 1.165) is 38.6 Å². The molecule has 3 nitrogen and oxygen atoms in total. The van der Waals surface area contributed by atoms with Crippen molar-refractivity contribution in [2.75, 3.05) is 0 Å². The highest BCUT2D eigenvalue weighted by molar-refractivity contribution is 6.24. The highest BCUT2D eigenvalue weighted by atomic mass is 15.2. The van der Waals surface area contributed by atoms with Crippen LogP contribution in [0.4, 0.5) is 0 Å². The van der Waals surface area contributed by atoms with E-state index >= 15 is 0 Å². The van der Waals surface area contributed by atoms with Crippen LogP contribution in [0, 0.1) is 0 Å². The Labute approximate surface area is 293 Å². The number of hydrogen-bond donors (Lipinski definition) is 0. The Bertz CT molecular complexity index is 3210. The molecule has 9 aromatic carbocycles. The largest absolute Gasteiger partial charge is 0.278 e. The molecule has 0 saturated carbocycles. The minimum absolute atomic E-state index is 0.659. The standard InChI is InChI=1S/C48H29N3/c1-3-14-33-27-35(23-21-30(33)11-1)41-29-44-45(39-18-8-7-17-38(39)41)40-19-9-10-20-43(40)51(44)48-49-42-26-25-32-13-5-6-16-37(32)46(42)47(50-48)36-24-22-31-12-2-4-15-34(31)28-36/h1-29H. The summed E-state index contributed by atoms with van der Waals surface area (Å²) >= 11 is 0. The van der Waals surface area contributed by atoms with Gasteiger partial charge in [-0.05, 0) is 84.5 Å². The second kappa shape index (κ2) is 10.8. The molecule has 0 saturated heterocycles. The van der Waals surface area contributed by atoms with Crippen molar-refractivity contribution >= 4 is 75.8 Å². The number of nitrogens with zero attached hydrogens (tertiary/aromatic N) is 3. The van der Waals surface area contributed by atoms with Crippen molar-refractivity contribution < 1.29 is 0 Å². The van der Waals surface area contributed by atoms with Gasteiger partial charge in [-0.1, -0.05) is 146 Å². The second-order valence-electron chi connectivity index (χ2n) is 13.4. The van der Waals surface area contributed by atoms with Crippen LogP contribution in [0.1, 0.15) is 0 Å². The molecule has 0 N–H and O–H groups in total. The van der Waals surface area contributed by atoms with Crippen LogP contribution in [0.5, 0.6) is 0 Å². The molecule has 2 aromatic heterocycles. The first-order valence-corrected chi connectivity index (χ1v) is 17.4. The molecule has 51 heavy (non-hydrogen) atoms. The van der Waals surface area contributed by atoms with E-state index in [1.54, 1.807) is 0 Å². The van der Waals surface area contributed by atoms with Gasteiger partial charge in [0.25, 0.3) is 0 Å². The molecule has 0 aliphatic rings. The Balaban J connectivity index is 1.27. The molecule has 0 atom stereocenters. The summed E-state index contributed by atoms with van der Waals surface area (Å²) < 4.78 is 2.28. The normalized spacial score (nSPS) is 11.9. The lowest BCUT2D eigenvalue weighted by atomic mass is 9.93. The number of benzene rings is 9. The Kier molecular flexibility index (Phi) is 5.96. The molecule has 0 unspecified atom stereocenters. The Morgan fingerprint density at radius 3 is 1.69 bits per heavy atom. The SMILES string of the molecule is c1ccc2cc(-c3cc4c(c5ccccc35)c3ccccc3n4-c3nc(-c4ccc5ccccc5c4)c4c(ccc5ccccc54)n3)ccc2c1. The first-order chi connectivity index (χ1) is 25.3. The number of rotatable bonds is 3. The van der Waals surface area contributed by atoms with Crippen LogP contribution in [-0.4, -0.2) is 14.5 Å². The molecule has 0 aliphatic heterocycles. The fourth-order valence-corrected chi connectivity index (χ4v) is 8.18. The summed E-state index contributed by atoms with van der Waals surface area (Å²) in [6.07, 6.45) is 0. The third-order valence-electron chi connectivity index (χ3n) is 10.5. The average Bonchev–Trinajstić information content (AvgIpc) is 3.54. The van der Waals surface area contributed by atoms with Gasteiger partial charge in [0, 0.05) is 21.7 Å². The van der Waals surface area contributed by atoms with Gasteiger partial charge in [-0.3, -0.25) is 4.57 Å². The van der Waals surface area contributed by atoms with Crippen molar-refractivity contribution in [3.8, 4) is 28.3 Å². The highest BCUT2D eigenvalue weighted by Crippen LogP contribution is 2.42. The molecule has 236 valence electrons. The number of hydrogen-bond acceptors (Lipinski definition) is 2. The lowest BCUT2D eigenvalue weighted by molar-refractivity contribution is 1.01. The van der Waals surface area contributed by atoms with Crippen molar-refractivity contribution in [3.05, 3.63) is 176 Å². The first kappa shape index (κ1) is 28.0. The van der Waals surface area contributed by atoms with Crippen molar-refractivity contribution in [3.63, 3.8) is 0 Å². The van der Waals surface area contributed by atoms with E-state index in [-0.39, 0.29) is 0 Å². The Morgan fingerprint density at radius 2 is 0.922 bits per heavy atom. The molecule has 0 aliphatic carbocycles. The van der Waals surface area contributed by atoms with E-state index in [1.165, 1.54) is 59.6 Å². The van der Waals surface area contributed by atoms with Gasteiger partial charge >= 0.3 is 0 Å². The van der Waals surface area contributed by atoms with Gasteiger partial charge in [0.1, 0.15) is 0 Å². The van der Waals surface area contributed by atoms with Crippen molar-refractivity contribution in [2.24, 2.45) is 0 Å². The zero-order chi connectivity index (χ0) is 33.5. The molecular formula is C48H29N3. The predicted octanol–water partition coefficient (Wildman–Crippen LogP) is 12.7. The van der Waals surface area contributed by atoms with Gasteiger partial charge in [-0.2, -0.15) is 0 Å². The summed E-state index contributed by atoms with van der Waals surface area (Å²) in [5.41, 5.74) is 7.46. The van der Waals surface area contributed by atoms with E-state index in [2.05, 4.69) is 180 Å². The van der Waals surface area contributed by atoms with Crippen LogP contribution in [0.3, 0.4) is 0 Å². The molecule has 0 fully saturated rings. The fourth-order valence-electron chi connectivity index (χ4n) is 8.18. The van der Waals surface area contributed by atoms with Crippen molar-refractivity contribution in [1.82, 2.24) is 14.5 Å². The first-order valence-electron chi connectivity index (χ1n) is 17.4. The van der Waals surface area contributed by atoms with Crippen LogP contribution in [0.25, 0.3) is 104 Å². The van der Waals surface area contributed by atoms with E-state index in [9.17, 15) is 0 Å². The van der Waals surface area contributed by atoms with Crippen LogP contribution in [-0.2, 0) is 0 Å². The molecule has 0 bridgehead atoms. The summed E-state index contributed by atoms with van der Waals surface area (Å²) in [4.78, 5) is 10.9. The quantitative estimate of drug-likeness (QED) is 0.179. The highest BCUT2D eigenvalue weighted by Gasteiger charge is 2.21. The predicted molar refractivity (Wildman–Crippen MR) is 215 cm³/mol. The van der Waals surface area contributed by atoms with Crippen LogP contribution < -0.4 is 0 Å². The Hall–Kier alpha value is -6.84. The van der Waals surface area contributed by atoms with E-state index in [1.807, 2.05) is 0 Å². The summed E-state index contributed by atoms with van der Waals surface area (Å²) in [6.45, 7) is 0. The molecule has 0 radical (unpaired) electrons. The monoisotopic (exact) mass is 647 g/mol. The van der Waals surface area contributed by atoms with Crippen LogP contribution >= 0.6 is 0 Å². The molecule has 11 rings (SSSR count). The number of fused-ring (bicyclic) bond motifs is 10. The molecule has 11 aromatic rings. The zero-order valence-corrected chi connectivity index (χ0v) is 27.6. The minimum atomic E-state index is 0.659. The molecule has 0 amide bonds. The van der Waals surface area contributed by atoms with Crippen molar-refractivity contribution in [1.29, 1.82) is 0 Å². The van der Waals surface area contributed by atoms with Gasteiger partial charge < -0.3 is 0 Å². The van der Waals surface area contributed by atoms with Gasteiger partial charge in [0.15, 0.2) is 0 Å². The van der Waals surface area contributed by atoms with Gasteiger partial charge in [-0.25, -0.2) is 9.97 Å². The smallest absolute Gasteiger partial charge is 0.235 e. The van der Waals surface area contributed by atoms with Gasteiger partial charge in [-0.15, -0.1) is 0 Å². The van der Waals surface area contributed by atoms with E-state index in [4.69, 9.17) is 9.97 Å². The van der Waals surface area contributed by atoms with E-state index in [0.29, 0.717) is 5.95 Å². The molecule has 2 heterocycles. The second-order valence-corrected chi connectivity index (χ2v) is 13.4. The average molecular weight is 648 g/mol. The maximum atomic E-state index is 5.55. The molecular weight excluding hydrogens is 619 g/mol. The van der Waals surface area contributed by atoms with Crippen molar-refractivity contribution in [2.45, 2.75) is 0 Å². The lowest BCUT2D eigenvalue weighted by Gasteiger charge is -2.15. The summed E-state index contributed by atoms with van der Waals surface area (Å²) in [6, 6.07) is 63.2. The Morgan fingerprint density at radius 1 is 0.353 bits per heavy atom. The summed E-state index contributed by atoms with van der Waals surface area (Å²) in [5.74, 6) is 0.659. The van der Waals surface area contributed by atoms with Crippen LogP contribution in [0.2, 0.25) is 0 Å². The maximum Gasteiger partial charge on any atom is 0.235 e. The van der Waals surface area contributed by atoms with E-state index < -0.39 is 0 Å². The molecule has 3 heteroatoms. The summed E-state index contributed by atoms with van der Waals surface area (Å²) in [7, 11) is 0. The van der Waals surface area contributed by atoms with Gasteiger partial charge in [0.2, 0.25) is 5.95 Å². The summed E-state index contributed by atoms with van der Waals surface area (Å²) in [5, 5.41) is 13.1. The molecule has 0 spiro atoms. The zero-order valence-electron chi connectivity index (χ0n) is 27.6. The lowest BCUT2D eigenvalue weighted by Crippen LogP contribution is -2.04. The number of para-hydroxylation sites is 1. The third-order valence-corrected chi connectivity index (χ3v) is 10.5. The number of aromatic nitrogens is 3. The maximum absolute atomic E-state index is 5.55. The van der Waals surface area contributed by atoms with Crippen LogP contribution in [0.15, 0.2) is 176 Å². The van der Waals surface area contributed by atoms with Gasteiger partial charge in [0.05, 0.1) is 22.2 Å². The topological polar surface area (TPSA) is 30.7 Å².